The second-order valence-corrected chi connectivity index (χ2v) is 5.24. The van der Waals surface area contributed by atoms with Crippen LogP contribution in [0.5, 0.6) is 0 Å². The van der Waals surface area contributed by atoms with E-state index in [4.69, 9.17) is 17.3 Å². The summed E-state index contributed by atoms with van der Waals surface area (Å²) < 4.78 is 0. The molecule has 0 aliphatic heterocycles. The van der Waals surface area contributed by atoms with Crippen LogP contribution in [0.3, 0.4) is 0 Å². The second-order valence-electron chi connectivity index (χ2n) is 3.78. The predicted molar refractivity (Wildman–Crippen MR) is 74.7 cm³/mol. The number of aromatic nitrogens is 1. The minimum Gasteiger partial charge on any atom is -0.365 e. The van der Waals surface area contributed by atoms with Gasteiger partial charge >= 0.3 is 0 Å². The number of thiazole rings is 1. The summed E-state index contributed by atoms with van der Waals surface area (Å²) in [5, 5.41) is 4.65. The first-order valence-electron chi connectivity index (χ1n) is 5.32. The van der Waals surface area contributed by atoms with Crippen LogP contribution in [0, 0.1) is 0 Å². The van der Waals surface area contributed by atoms with Crippen LogP contribution in [0.15, 0.2) is 24.3 Å². The molecule has 0 saturated heterocycles. The van der Waals surface area contributed by atoms with Gasteiger partial charge in [-0.3, -0.25) is 0 Å². The summed E-state index contributed by atoms with van der Waals surface area (Å²) in [6.07, 6.45) is 0. The number of hydrogen-bond donors (Lipinski definition) is 2. The van der Waals surface area contributed by atoms with Crippen molar-refractivity contribution in [2.24, 2.45) is 5.73 Å². The van der Waals surface area contributed by atoms with Crippen molar-refractivity contribution in [2.45, 2.75) is 13.0 Å². The topological polar surface area (TPSA) is 50.9 Å². The van der Waals surface area contributed by atoms with Gasteiger partial charge < -0.3 is 11.1 Å². The van der Waals surface area contributed by atoms with E-state index in [-0.39, 0.29) is 6.04 Å². The van der Waals surface area contributed by atoms with Gasteiger partial charge in [0.15, 0.2) is 5.13 Å². The normalized spacial score (nSPS) is 12.5. The van der Waals surface area contributed by atoms with E-state index in [1.165, 1.54) is 0 Å². The molecule has 1 atom stereocenters. The summed E-state index contributed by atoms with van der Waals surface area (Å²) in [4.78, 5) is 5.61. The Hall–Kier alpha value is -1.10. The highest BCUT2D eigenvalue weighted by Gasteiger charge is 2.15. The first kappa shape index (κ1) is 12.4. The molecule has 0 fully saturated rings. The zero-order valence-electron chi connectivity index (χ0n) is 9.70. The van der Waals surface area contributed by atoms with Crippen LogP contribution in [-0.2, 0) is 0 Å². The van der Waals surface area contributed by atoms with E-state index in [0.717, 1.165) is 26.3 Å². The van der Waals surface area contributed by atoms with Crippen LogP contribution in [0.4, 0.5) is 5.13 Å². The second kappa shape index (κ2) is 5.04. The number of halogens is 1. The molecular formula is C12H14ClN3S. The Balaban J connectivity index is 2.49. The summed E-state index contributed by atoms with van der Waals surface area (Å²) in [6, 6.07) is 7.62. The SMILES string of the molecule is CNc1nc(-c2ccc(Cl)cc2)c(C(C)N)s1. The molecule has 0 radical (unpaired) electrons. The number of hydrogen-bond acceptors (Lipinski definition) is 4. The smallest absolute Gasteiger partial charge is 0.183 e. The average molecular weight is 268 g/mol. The van der Waals surface area contributed by atoms with Crippen LogP contribution in [-0.4, -0.2) is 12.0 Å². The van der Waals surface area contributed by atoms with Crippen LogP contribution < -0.4 is 11.1 Å². The van der Waals surface area contributed by atoms with Crippen LogP contribution >= 0.6 is 22.9 Å². The highest BCUT2D eigenvalue weighted by Crippen LogP contribution is 2.34. The number of benzene rings is 1. The number of nitrogens with zero attached hydrogens (tertiary/aromatic N) is 1. The Kier molecular flexibility index (Phi) is 3.66. The maximum absolute atomic E-state index is 5.97. The summed E-state index contributed by atoms with van der Waals surface area (Å²) in [5.41, 5.74) is 7.94. The number of anilines is 1. The first-order valence-corrected chi connectivity index (χ1v) is 6.51. The predicted octanol–water partition coefficient (Wildman–Crippen LogP) is 3.52. The van der Waals surface area contributed by atoms with Gasteiger partial charge in [0.1, 0.15) is 0 Å². The minimum absolute atomic E-state index is 0.0275. The molecule has 1 aromatic heterocycles. The Morgan fingerprint density at radius 2 is 2.00 bits per heavy atom. The lowest BCUT2D eigenvalue weighted by atomic mass is 10.1. The molecule has 3 nitrogen and oxygen atoms in total. The fourth-order valence-corrected chi connectivity index (χ4v) is 2.58. The fraction of sp³-hybridized carbons (Fsp3) is 0.250. The summed E-state index contributed by atoms with van der Waals surface area (Å²) in [7, 11) is 1.86. The standard InChI is InChI=1S/C12H14ClN3S/c1-7(14)11-10(16-12(15-2)17-11)8-3-5-9(13)6-4-8/h3-7H,14H2,1-2H3,(H,15,16). The Bertz CT molecular complexity index is 505. The first-order chi connectivity index (χ1) is 8.11. The highest BCUT2D eigenvalue weighted by atomic mass is 35.5. The van der Waals surface area contributed by atoms with Gasteiger partial charge in [-0.15, -0.1) is 0 Å². The lowest BCUT2D eigenvalue weighted by molar-refractivity contribution is 0.837. The molecule has 2 rings (SSSR count). The van der Waals surface area contributed by atoms with Crippen LogP contribution in [0.2, 0.25) is 5.02 Å². The van der Waals surface area contributed by atoms with E-state index < -0.39 is 0 Å². The largest absolute Gasteiger partial charge is 0.365 e. The van der Waals surface area contributed by atoms with Crippen molar-refractivity contribution in [3.63, 3.8) is 0 Å². The molecule has 5 heteroatoms. The third-order valence-electron chi connectivity index (χ3n) is 2.40. The molecule has 17 heavy (non-hydrogen) atoms. The van der Waals surface area contributed by atoms with Gasteiger partial charge in [0.25, 0.3) is 0 Å². The number of nitrogens with one attached hydrogen (secondary N) is 1. The lowest BCUT2D eigenvalue weighted by Gasteiger charge is -2.05. The summed E-state index contributed by atoms with van der Waals surface area (Å²) >= 11 is 7.47. The Morgan fingerprint density at radius 3 is 2.53 bits per heavy atom. The van der Waals surface area contributed by atoms with Gasteiger partial charge in [-0.2, -0.15) is 0 Å². The third-order valence-corrected chi connectivity index (χ3v) is 3.92. The van der Waals surface area contributed by atoms with Gasteiger partial charge in [-0.05, 0) is 19.1 Å². The Labute approximate surface area is 110 Å². The van der Waals surface area contributed by atoms with Crippen molar-refractivity contribution >= 4 is 28.1 Å². The van der Waals surface area contributed by atoms with Crippen LogP contribution in [0.1, 0.15) is 17.8 Å². The number of rotatable bonds is 3. The Morgan fingerprint density at radius 1 is 1.35 bits per heavy atom. The molecule has 0 bridgehead atoms. The zero-order valence-corrected chi connectivity index (χ0v) is 11.3. The van der Waals surface area contributed by atoms with Gasteiger partial charge in [0, 0.05) is 23.7 Å². The minimum atomic E-state index is -0.0275. The van der Waals surface area contributed by atoms with Gasteiger partial charge in [-0.1, -0.05) is 35.1 Å². The molecule has 3 N–H and O–H groups in total. The summed E-state index contributed by atoms with van der Waals surface area (Å²) in [5.74, 6) is 0. The molecule has 0 amide bonds. The van der Waals surface area contributed by atoms with Gasteiger partial charge in [-0.25, -0.2) is 4.98 Å². The van der Waals surface area contributed by atoms with E-state index in [1.54, 1.807) is 11.3 Å². The molecule has 1 heterocycles. The van der Waals surface area contributed by atoms with Crippen molar-refractivity contribution in [2.75, 3.05) is 12.4 Å². The van der Waals surface area contributed by atoms with E-state index in [2.05, 4.69) is 10.3 Å². The monoisotopic (exact) mass is 267 g/mol. The quantitative estimate of drug-likeness (QED) is 0.895. The highest BCUT2D eigenvalue weighted by molar-refractivity contribution is 7.16. The average Bonchev–Trinajstić information content (AvgIpc) is 2.74. The van der Waals surface area contributed by atoms with E-state index in [1.807, 2.05) is 38.2 Å². The molecule has 0 saturated carbocycles. The molecule has 1 unspecified atom stereocenters. The molecular weight excluding hydrogens is 254 g/mol. The maximum Gasteiger partial charge on any atom is 0.183 e. The molecule has 2 aromatic rings. The molecule has 0 aliphatic rings. The molecule has 1 aromatic carbocycles. The van der Waals surface area contributed by atoms with E-state index >= 15 is 0 Å². The van der Waals surface area contributed by atoms with Crippen molar-refractivity contribution in [3.8, 4) is 11.3 Å². The van der Waals surface area contributed by atoms with Crippen molar-refractivity contribution < 1.29 is 0 Å². The molecule has 0 spiro atoms. The molecule has 0 aliphatic carbocycles. The van der Waals surface area contributed by atoms with E-state index in [9.17, 15) is 0 Å². The van der Waals surface area contributed by atoms with Crippen molar-refractivity contribution in [1.29, 1.82) is 0 Å². The molecule has 90 valence electrons. The summed E-state index contributed by atoms with van der Waals surface area (Å²) in [6.45, 7) is 1.96. The number of nitrogens with two attached hydrogens (primary N) is 1. The lowest BCUT2D eigenvalue weighted by Crippen LogP contribution is -2.04. The van der Waals surface area contributed by atoms with E-state index in [0.29, 0.717) is 0 Å². The van der Waals surface area contributed by atoms with Crippen molar-refractivity contribution in [1.82, 2.24) is 4.98 Å². The third kappa shape index (κ3) is 2.60. The van der Waals surface area contributed by atoms with Gasteiger partial charge in [0.2, 0.25) is 0 Å². The van der Waals surface area contributed by atoms with Crippen LogP contribution in [0.25, 0.3) is 11.3 Å². The van der Waals surface area contributed by atoms with Crippen molar-refractivity contribution in [3.05, 3.63) is 34.2 Å². The maximum atomic E-state index is 5.97. The fourth-order valence-electron chi connectivity index (χ4n) is 1.56. The zero-order chi connectivity index (χ0) is 12.4. The van der Waals surface area contributed by atoms with Gasteiger partial charge in [0.05, 0.1) is 10.6 Å².